The van der Waals surface area contributed by atoms with Crippen LogP contribution in [0, 0.1) is 35.5 Å². The molecule has 1 saturated carbocycles. The predicted octanol–water partition coefficient (Wildman–Crippen LogP) is -0.0928. The van der Waals surface area contributed by atoms with Gasteiger partial charge in [-0.15, -0.1) is 0 Å². The zero-order chi connectivity index (χ0) is 11.7. The number of hydrogen-bond donors (Lipinski definition) is 0. The number of carbonyl (C=O) groups excluding carboxylic acids is 3. The van der Waals surface area contributed by atoms with Gasteiger partial charge in [0.15, 0.2) is 0 Å². The van der Waals surface area contributed by atoms with Crippen molar-refractivity contribution >= 4 is 17.9 Å². The number of rotatable bonds is 0. The summed E-state index contributed by atoms with van der Waals surface area (Å²) < 4.78 is 9.79. The molecule has 6 unspecified atom stereocenters. The Kier molecular flexibility index (Phi) is 1.53. The molecule has 6 atom stereocenters. The van der Waals surface area contributed by atoms with Crippen LogP contribution in [0.5, 0.6) is 0 Å². The number of allylic oxidation sites excluding steroid dienone is 2. The van der Waals surface area contributed by atoms with E-state index in [1.165, 1.54) is 0 Å². The van der Waals surface area contributed by atoms with Crippen LogP contribution in [0.1, 0.15) is 0 Å². The van der Waals surface area contributed by atoms with Gasteiger partial charge in [-0.05, 0) is 5.92 Å². The number of carbonyl (C=O) groups is 3. The molecule has 0 radical (unpaired) electrons. The summed E-state index contributed by atoms with van der Waals surface area (Å²) in [6, 6.07) is 0. The molecule has 5 aliphatic rings. The number of esters is 3. The number of ether oxygens (including phenoxy) is 2. The van der Waals surface area contributed by atoms with Gasteiger partial charge in [-0.1, -0.05) is 12.2 Å². The van der Waals surface area contributed by atoms with Gasteiger partial charge < -0.3 is 9.47 Å². The second kappa shape index (κ2) is 2.78. The fourth-order valence-corrected chi connectivity index (χ4v) is 3.92. The SMILES string of the molecule is O=C1OCC2C3C=CC(C12)C1C(=O)OC(=O)C31. The van der Waals surface area contributed by atoms with Crippen LogP contribution in [-0.2, 0) is 23.9 Å². The van der Waals surface area contributed by atoms with Crippen molar-refractivity contribution in [2.45, 2.75) is 0 Å². The van der Waals surface area contributed by atoms with E-state index in [1.54, 1.807) is 0 Å². The largest absolute Gasteiger partial charge is 0.465 e. The number of cyclic esters (lactones) is 3. The van der Waals surface area contributed by atoms with Crippen LogP contribution < -0.4 is 0 Å². The molecule has 0 aromatic heterocycles. The first-order valence-electron chi connectivity index (χ1n) is 5.79. The molecule has 2 saturated heterocycles. The van der Waals surface area contributed by atoms with Crippen molar-refractivity contribution in [3.8, 4) is 0 Å². The molecule has 5 heteroatoms. The number of hydrogen-bond acceptors (Lipinski definition) is 5. The molecule has 88 valence electrons. The van der Waals surface area contributed by atoms with Gasteiger partial charge >= 0.3 is 17.9 Å². The molecule has 0 amide bonds. The average Bonchev–Trinajstić information content (AvgIpc) is 2.85. The van der Waals surface area contributed by atoms with E-state index >= 15 is 0 Å². The Labute approximate surface area is 96.8 Å². The van der Waals surface area contributed by atoms with Gasteiger partial charge in [0.25, 0.3) is 0 Å². The van der Waals surface area contributed by atoms with Crippen LogP contribution in [0.4, 0.5) is 0 Å². The van der Waals surface area contributed by atoms with Gasteiger partial charge in [0.1, 0.15) is 0 Å². The first-order valence-corrected chi connectivity index (χ1v) is 5.79. The van der Waals surface area contributed by atoms with E-state index in [9.17, 15) is 14.4 Å². The highest BCUT2D eigenvalue weighted by atomic mass is 16.6. The summed E-state index contributed by atoms with van der Waals surface area (Å²) in [5.74, 6) is -2.53. The molecular weight excluding hydrogens is 224 g/mol. The minimum absolute atomic E-state index is 0.0391. The summed E-state index contributed by atoms with van der Waals surface area (Å²) in [7, 11) is 0. The highest BCUT2D eigenvalue weighted by Gasteiger charge is 2.65. The molecule has 3 fully saturated rings. The second-order valence-corrected chi connectivity index (χ2v) is 5.15. The normalized spacial score (nSPS) is 50.0. The van der Waals surface area contributed by atoms with Gasteiger partial charge in [-0.2, -0.15) is 0 Å². The first-order chi connectivity index (χ1) is 8.18. The van der Waals surface area contributed by atoms with E-state index in [4.69, 9.17) is 9.47 Å². The van der Waals surface area contributed by atoms with Gasteiger partial charge in [-0.3, -0.25) is 14.4 Å². The third-order valence-electron chi connectivity index (χ3n) is 4.58. The van der Waals surface area contributed by atoms with Crippen LogP contribution in [0.15, 0.2) is 12.2 Å². The Hall–Kier alpha value is -1.65. The molecule has 2 bridgehead atoms. The summed E-state index contributed by atoms with van der Waals surface area (Å²) in [6.07, 6.45) is 3.84. The minimum atomic E-state index is -0.475. The lowest BCUT2D eigenvalue weighted by Crippen LogP contribution is -2.49. The minimum Gasteiger partial charge on any atom is -0.465 e. The van der Waals surface area contributed by atoms with Crippen molar-refractivity contribution in [1.29, 1.82) is 0 Å². The maximum absolute atomic E-state index is 11.7. The summed E-state index contributed by atoms with van der Waals surface area (Å²) >= 11 is 0. The molecule has 0 spiro atoms. The third-order valence-corrected chi connectivity index (χ3v) is 4.58. The van der Waals surface area contributed by atoms with Crippen molar-refractivity contribution in [2.24, 2.45) is 35.5 Å². The third kappa shape index (κ3) is 0.936. The van der Waals surface area contributed by atoms with Crippen LogP contribution in [0.3, 0.4) is 0 Å². The Balaban J connectivity index is 1.85. The first kappa shape index (κ1) is 9.39. The zero-order valence-electron chi connectivity index (χ0n) is 8.87. The Morgan fingerprint density at radius 2 is 1.53 bits per heavy atom. The second-order valence-electron chi connectivity index (χ2n) is 5.15. The molecule has 17 heavy (non-hydrogen) atoms. The molecule has 0 N–H and O–H groups in total. The molecular formula is C12H10O5. The lowest BCUT2D eigenvalue weighted by molar-refractivity contribution is -0.154. The fraction of sp³-hybridized carbons (Fsp3) is 0.583. The fourth-order valence-electron chi connectivity index (χ4n) is 3.92. The highest BCUT2D eigenvalue weighted by Crippen LogP contribution is 2.56. The van der Waals surface area contributed by atoms with Crippen molar-refractivity contribution in [2.75, 3.05) is 6.61 Å². The molecule has 3 aliphatic carbocycles. The monoisotopic (exact) mass is 234 g/mol. The molecule has 0 aromatic carbocycles. The molecule has 0 aromatic rings. The summed E-state index contributed by atoms with van der Waals surface area (Å²) in [5.41, 5.74) is 0. The van der Waals surface area contributed by atoms with Gasteiger partial charge in [0.2, 0.25) is 0 Å². The van der Waals surface area contributed by atoms with E-state index in [2.05, 4.69) is 0 Å². The highest BCUT2D eigenvalue weighted by molar-refractivity contribution is 5.98. The maximum Gasteiger partial charge on any atom is 0.318 e. The molecule has 2 aliphatic heterocycles. The van der Waals surface area contributed by atoms with Gasteiger partial charge in [-0.25, -0.2) is 0 Å². The van der Waals surface area contributed by atoms with E-state index in [1.807, 2.05) is 12.2 Å². The van der Waals surface area contributed by atoms with Crippen molar-refractivity contribution in [1.82, 2.24) is 0 Å². The maximum atomic E-state index is 11.7. The van der Waals surface area contributed by atoms with Crippen molar-refractivity contribution < 1.29 is 23.9 Å². The van der Waals surface area contributed by atoms with Crippen LogP contribution in [0.25, 0.3) is 0 Å². The van der Waals surface area contributed by atoms with E-state index in [-0.39, 0.29) is 29.6 Å². The Morgan fingerprint density at radius 3 is 2.29 bits per heavy atom. The van der Waals surface area contributed by atoms with Crippen LogP contribution in [0.2, 0.25) is 0 Å². The standard InChI is InChI=1S/C12H10O5/c13-10-7-5-2-1-4(6(7)3-16-10)8-9(5)12(15)17-11(8)14/h1-2,4-9H,3H2. The topological polar surface area (TPSA) is 69.7 Å². The summed E-state index contributed by atoms with van der Waals surface area (Å²) in [6.45, 7) is 0.361. The van der Waals surface area contributed by atoms with Crippen molar-refractivity contribution in [3.05, 3.63) is 12.2 Å². The molecule has 5 nitrogen and oxygen atoms in total. The predicted molar refractivity (Wildman–Crippen MR) is 52.1 cm³/mol. The van der Waals surface area contributed by atoms with Gasteiger partial charge in [0.05, 0.1) is 24.4 Å². The Morgan fingerprint density at radius 1 is 0.882 bits per heavy atom. The summed E-state index contributed by atoms with van der Waals surface area (Å²) in [5, 5.41) is 0. The van der Waals surface area contributed by atoms with E-state index in [0.29, 0.717) is 6.61 Å². The average molecular weight is 234 g/mol. The lowest BCUT2D eigenvalue weighted by atomic mass is 9.54. The zero-order valence-corrected chi connectivity index (χ0v) is 8.87. The van der Waals surface area contributed by atoms with Crippen LogP contribution >= 0.6 is 0 Å². The van der Waals surface area contributed by atoms with Gasteiger partial charge in [0, 0.05) is 11.8 Å². The quantitative estimate of drug-likeness (QED) is 0.333. The molecule has 2 heterocycles. The van der Waals surface area contributed by atoms with Crippen LogP contribution in [-0.4, -0.2) is 24.5 Å². The summed E-state index contributed by atoms with van der Waals surface area (Å²) in [4.78, 5) is 35.0. The molecule has 5 rings (SSSR count). The smallest absolute Gasteiger partial charge is 0.318 e. The van der Waals surface area contributed by atoms with E-state index in [0.717, 1.165) is 0 Å². The lowest BCUT2D eigenvalue weighted by Gasteiger charge is -2.43. The van der Waals surface area contributed by atoms with Crippen molar-refractivity contribution in [3.63, 3.8) is 0 Å². The Bertz CT molecular complexity index is 479. The van der Waals surface area contributed by atoms with E-state index < -0.39 is 23.8 Å².